The molecule has 3 rings (SSSR count). The lowest BCUT2D eigenvalue weighted by Gasteiger charge is -2.12. The second kappa shape index (κ2) is 8.95. The summed E-state index contributed by atoms with van der Waals surface area (Å²) in [5.74, 6) is 0.896. The Morgan fingerprint density at radius 3 is 2.74 bits per heavy atom. The minimum absolute atomic E-state index is 0.245. The number of amides is 1. The largest absolute Gasteiger partial charge is 0.493 e. The predicted molar refractivity (Wildman–Crippen MR) is 106 cm³/mol. The zero-order chi connectivity index (χ0) is 19.1. The standard InChI is InChI=1S/C20H19N3O3S/c1-14-22-17(13-27-14)4-6-20(24)23-16-3-5-18(25-2)19(11-16)26-12-15-7-9-21-10-8-15/h3-11,13H,12H2,1-2H3,(H,23,24)/b6-4+. The first-order valence-electron chi connectivity index (χ1n) is 8.25. The van der Waals surface area contributed by atoms with Crippen molar-refractivity contribution in [3.63, 3.8) is 0 Å². The van der Waals surface area contributed by atoms with Gasteiger partial charge in [-0.2, -0.15) is 0 Å². The molecule has 0 aliphatic rings. The van der Waals surface area contributed by atoms with E-state index in [2.05, 4.69) is 15.3 Å². The molecule has 0 radical (unpaired) electrons. The van der Waals surface area contributed by atoms with E-state index in [1.807, 2.05) is 24.4 Å². The van der Waals surface area contributed by atoms with Crippen LogP contribution in [-0.4, -0.2) is 23.0 Å². The Morgan fingerprint density at radius 2 is 2.04 bits per heavy atom. The molecule has 1 N–H and O–H groups in total. The third kappa shape index (κ3) is 5.39. The van der Waals surface area contributed by atoms with Crippen LogP contribution in [0.1, 0.15) is 16.3 Å². The highest BCUT2D eigenvalue weighted by atomic mass is 32.1. The van der Waals surface area contributed by atoms with Crippen molar-refractivity contribution >= 4 is 29.0 Å². The number of methoxy groups -OCH3 is 1. The summed E-state index contributed by atoms with van der Waals surface area (Å²) in [6, 6.07) is 9.01. The van der Waals surface area contributed by atoms with Crippen LogP contribution >= 0.6 is 11.3 Å². The van der Waals surface area contributed by atoms with Crippen molar-refractivity contribution in [2.75, 3.05) is 12.4 Å². The van der Waals surface area contributed by atoms with Crippen molar-refractivity contribution in [2.45, 2.75) is 13.5 Å². The molecule has 1 amide bonds. The summed E-state index contributed by atoms with van der Waals surface area (Å²) < 4.78 is 11.2. The van der Waals surface area contributed by atoms with E-state index in [4.69, 9.17) is 9.47 Å². The maximum Gasteiger partial charge on any atom is 0.248 e. The van der Waals surface area contributed by atoms with E-state index in [1.165, 1.54) is 6.08 Å². The number of rotatable bonds is 7. The Morgan fingerprint density at radius 1 is 1.22 bits per heavy atom. The van der Waals surface area contributed by atoms with Crippen molar-refractivity contribution < 1.29 is 14.3 Å². The maximum atomic E-state index is 12.1. The molecule has 0 saturated heterocycles. The highest BCUT2D eigenvalue weighted by Crippen LogP contribution is 2.31. The molecule has 2 heterocycles. The van der Waals surface area contributed by atoms with Gasteiger partial charge in [0, 0.05) is 35.6 Å². The van der Waals surface area contributed by atoms with E-state index >= 15 is 0 Å². The molecular formula is C20H19N3O3S. The van der Waals surface area contributed by atoms with E-state index < -0.39 is 0 Å². The summed E-state index contributed by atoms with van der Waals surface area (Å²) in [5.41, 5.74) is 2.37. The molecule has 0 aliphatic heterocycles. The Balaban J connectivity index is 1.66. The highest BCUT2D eigenvalue weighted by molar-refractivity contribution is 7.09. The van der Waals surface area contributed by atoms with Crippen molar-refractivity contribution in [2.24, 2.45) is 0 Å². The SMILES string of the molecule is COc1ccc(NC(=O)/C=C/c2csc(C)n2)cc1OCc1ccncc1. The van der Waals surface area contributed by atoms with Crippen LogP contribution in [-0.2, 0) is 11.4 Å². The number of carbonyl (C=O) groups is 1. The summed E-state index contributed by atoms with van der Waals surface area (Å²) in [6.07, 6.45) is 6.56. The van der Waals surface area contributed by atoms with Crippen molar-refractivity contribution in [1.82, 2.24) is 9.97 Å². The van der Waals surface area contributed by atoms with Gasteiger partial charge in [0.05, 0.1) is 17.8 Å². The number of thiazole rings is 1. The molecule has 2 aromatic heterocycles. The molecule has 27 heavy (non-hydrogen) atoms. The van der Waals surface area contributed by atoms with Gasteiger partial charge in [0.25, 0.3) is 0 Å². The van der Waals surface area contributed by atoms with Crippen LogP contribution in [0.25, 0.3) is 6.08 Å². The lowest BCUT2D eigenvalue weighted by molar-refractivity contribution is -0.111. The molecule has 0 atom stereocenters. The number of aromatic nitrogens is 2. The lowest BCUT2D eigenvalue weighted by Crippen LogP contribution is -2.08. The van der Waals surface area contributed by atoms with Crippen LogP contribution in [0.3, 0.4) is 0 Å². The number of hydrogen-bond acceptors (Lipinski definition) is 6. The van der Waals surface area contributed by atoms with Gasteiger partial charge in [0.1, 0.15) is 6.61 Å². The van der Waals surface area contributed by atoms with Crippen LogP contribution in [0.4, 0.5) is 5.69 Å². The molecule has 7 heteroatoms. The summed E-state index contributed by atoms with van der Waals surface area (Å²) in [5, 5.41) is 5.67. The Kier molecular flexibility index (Phi) is 6.17. The molecule has 0 aliphatic carbocycles. The fraction of sp³-hybridized carbons (Fsp3) is 0.150. The van der Waals surface area contributed by atoms with Crippen LogP contribution in [0, 0.1) is 6.92 Å². The summed E-state index contributed by atoms with van der Waals surface area (Å²) in [4.78, 5) is 20.4. The molecule has 0 spiro atoms. The molecule has 0 fully saturated rings. The first kappa shape index (κ1) is 18.6. The molecule has 1 aromatic carbocycles. The van der Waals surface area contributed by atoms with Crippen molar-refractivity contribution in [3.8, 4) is 11.5 Å². The van der Waals surface area contributed by atoms with Gasteiger partial charge in [-0.3, -0.25) is 9.78 Å². The maximum absolute atomic E-state index is 12.1. The van der Waals surface area contributed by atoms with Gasteiger partial charge in [-0.1, -0.05) is 0 Å². The summed E-state index contributed by atoms with van der Waals surface area (Å²) in [6.45, 7) is 2.30. The first-order chi connectivity index (χ1) is 13.1. The monoisotopic (exact) mass is 381 g/mol. The normalized spacial score (nSPS) is 10.7. The van der Waals surface area contributed by atoms with Crippen molar-refractivity contribution in [3.05, 3.63) is 70.4 Å². The molecular weight excluding hydrogens is 362 g/mol. The first-order valence-corrected chi connectivity index (χ1v) is 9.13. The Bertz CT molecular complexity index is 939. The third-order valence-corrected chi connectivity index (χ3v) is 4.41. The number of carbonyl (C=O) groups excluding carboxylic acids is 1. The second-order valence-corrected chi connectivity index (χ2v) is 6.69. The number of nitrogens with one attached hydrogen (secondary N) is 1. The van der Waals surface area contributed by atoms with Gasteiger partial charge in [0.15, 0.2) is 11.5 Å². The highest BCUT2D eigenvalue weighted by Gasteiger charge is 2.08. The minimum atomic E-state index is -0.245. The number of pyridine rings is 1. The lowest BCUT2D eigenvalue weighted by atomic mass is 10.2. The van der Waals surface area contributed by atoms with Gasteiger partial charge in [-0.15, -0.1) is 11.3 Å². The molecule has 3 aromatic rings. The van der Waals surface area contributed by atoms with Gasteiger partial charge in [-0.25, -0.2) is 4.98 Å². The van der Waals surface area contributed by atoms with Gasteiger partial charge >= 0.3 is 0 Å². The number of aryl methyl sites for hydroxylation is 1. The summed E-state index contributed by atoms with van der Waals surface area (Å²) in [7, 11) is 1.57. The average molecular weight is 381 g/mol. The van der Waals surface area contributed by atoms with Crippen molar-refractivity contribution in [1.29, 1.82) is 0 Å². The van der Waals surface area contributed by atoms with Gasteiger partial charge < -0.3 is 14.8 Å². The van der Waals surface area contributed by atoms with Gasteiger partial charge in [0.2, 0.25) is 5.91 Å². The van der Waals surface area contributed by atoms with E-state index in [1.54, 1.807) is 55.1 Å². The average Bonchev–Trinajstić information content (AvgIpc) is 3.11. The van der Waals surface area contributed by atoms with Gasteiger partial charge in [-0.05, 0) is 42.8 Å². The van der Waals surface area contributed by atoms with Crippen LogP contribution in [0.2, 0.25) is 0 Å². The van der Waals surface area contributed by atoms with Crippen LogP contribution < -0.4 is 14.8 Å². The quantitative estimate of drug-likeness (QED) is 0.624. The number of benzene rings is 1. The fourth-order valence-corrected chi connectivity index (χ4v) is 2.89. The second-order valence-electron chi connectivity index (χ2n) is 5.62. The topological polar surface area (TPSA) is 73.3 Å². The molecule has 0 bridgehead atoms. The molecule has 0 unspecified atom stereocenters. The van der Waals surface area contributed by atoms with Crippen LogP contribution in [0.15, 0.2) is 54.2 Å². The van der Waals surface area contributed by atoms with E-state index in [-0.39, 0.29) is 5.91 Å². The third-order valence-electron chi connectivity index (χ3n) is 3.62. The minimum Gasteiger partial charge on any atom is -0.493 e. The van der Waals surface area contributed by atoms with Crippen LogP contribution in [0.5, 0.6) is 11.5 Å². The number of nitrogens with zero attached hydrogens (tertiary/aromatic N) is 2. The number of anilines is 1. The molecule has 6 nitrogen and oxygen atoms in total. The smallest absolute Gasteiger partial charge is 0.248 e. The predicted octanol–water partition coefficient (Wildman–Crippen LogP) is 4.09. The Labute approximate surface area is 161 Å². The number of ether oxygens (including phenoxy) is 2. The fourth-order valence-electron chi connectivity index (χ4n) is 2.31. The molecule has 0 saturated carbocycles. The zero-order valence-electron chi connectivity index (χ0n) is 15.0. The van der Waals surface area contributed by atoms with E-state index in [0.29, 0.717) is 23.8 Å². The Hall–Kier alpha value is -3.19. The van der Waals surface area contributed by atoms with E-state index in [9.17, 15) is 4.79 Å². The van der Waals surface area contributed by atoms with E-state index in [0.717, 1.165) is 16.3 Å². The number of hydrogen-bond donors (Lipinski definition) is 1. The summed E-state index contributed by atoms with van der Waals surface area (Å²) >= 11 is 1.54. The zero-order valence-corrected chi connectivity index (χ0v) is 15.8. The molecule has 138 valence electrons.